The van der Waals surface area contributed by atoms with E-state index in [9.17, 15) is 4.79 Å². The van der Waals surface area contributed by atoms with E-state index in [0.717, 1.165) is 23.5 Å². The molecule has 0 radical (unpaired) electrons. The van der Waals surface area contributed by atoms with Crippen LogP contribution < -0.4 is 4.90 Å². The lowest BCUT2D eigenvalue weighted by atomic mass is 10.1. The number of aryl methyl sites for hydroxylation is 1. The molecule has 1 N–H and O–H groups in total. The van der Waals surface area contributed by atoms with E-state index in [0.29, 0.717) is 5.16 Å². The van der Waals surface area contributed by atoms with Crippen LogP contribution in [0.3, 0.4) is 0 Å². The summed E-state index contributed by atoms with van der Waals surface area (Å²) in [7, 11) is 0. The smallest absolute Gasteiger partial charge is 0.240 e. The maximum absolute atomic E-state index is 13.1. The normalized spacial score (nSPS) is 17.0. The zero-order valence-corrected chi connectivity index (χ0v) is 16.5. The molecular weight excluding hydrogens is 356 g/mol. The lowest BCUT2D eigenvalue weighted by Crippen LogP contribution is -2.40. The number of thioether (sulfide) groups is 1. The molecule has 2 atom stereocenters. The van der Waals surface area contributed by atoms with Crippen LogP contribution in [0.5, 0.6) is 0 Å². The monoisotopic (exact) mass is 378 g/mol. The van der Waals surface area contributed by atoms with Gasteiger partial charge in [0.2, 0.25) is 11.1 Å². The number of H-pyrrole nitrogens is 1. The number of hydrogen-bond donors (Lipinski definition) is 1. The van der Waals surface area contributed by atoms with Gasteiger partial charge >= 0.3 is 0 Å². The third-order valence-electron chi connectivity index (χ3n) is 4.86. The van der Waals surface area contributed by atoms with Crippen molar-refractivity contribution in [2.75, 3.05) is 4.90 Å². The van der Waals surface area contributed by atoms with Gasteiger partial charge in [0.05, 0.1) is 5.25 Å². The highest BCUT2D eigenvalue weighted by atomic mass is 32.2. The number of carbonyl (C=O) groups excluding carboxylic acids is 1. The summed E-state index contributed by atoms with van der Waals surface area (Å²) in [6, 6.07) is 16.4. The molecule has 4 rings (SSSR count). The maximum Gasteiger partial charge on any atom is 0.240 e. The number of aromatic amines is 1. The number of fused-ring (bicyclic) bond motifs is 1. The molecule has 1 amide bonds. The molecule has 2 aromatic carbocycles. The zero-order chi connectivity index (χ0) is 19.0. The average Bonchev–Trinajstić information content (AvgIpc) is 3.25. The number of hydrogen-bond acceptors (Lipinski definition) is 4. The van der Waals surface area contributed by atoms with Crippen molar-refractivity contribution in [3.8, 4) is 11.4 Å². The van der Waals surface area contributed by atoms with Gasteiger partial charge < -0.3 is 4.90 Å². The van der Waals surface area contributed by atoms with Crippen molar-refractivity contribution in [2.45, 2.75) is 43.6 Å². The second kappa shape index (κ2) is 7.19. The minimum absolute atomic E-state index is 0.0964. The fourth-order valence-corrected chi connectivity index (χ4v) is 4.22. The van der Waals surface area contributed by atoms with Crippen LogP contribution in [0.25, 0.3) is 11.4 Å². The highest BCUT2D eigenvalue weighted by Crippen LogP contribution is 2.34. The number of nitrogens with one attached hydrogen (secondary N) is 1. The molecule has 1 aliphatic heterocycles. The summed E-state index contributed by atoms with van der Waals surface area (Å²) >= 11 is 1.39. The van der Waals surface area contributed by atoms with Gasteiger partial charge in [-0.1, -0.05) is 59.8 Å². The Balaban J connectivity index is 1.49. The molecule has 0 spiro atoms. The van der Waals surface area contributed by atoms with Crippen molar-refractivity contribution >= 4 is 23.4 Å². The zero-order valence-electron chi connectivity index (χ0n) is 15.6. The third kappa shape index (κ3) is 3.49. The Bertz CT molecular complexity index is 966. The van der Waals surface area contributed by atoms with Crippen LogP contribution in [0.2, 0.25) is 0 Å². The van der Waals surface area contributed by atoms with Crippen molar-refractivity contribution in [1.29, 1.82) is 0 Å². The van der Waals surface area contributed by atoms with Gasteiger partial charge in [0.25, 0.3) is 0 Å². The van der Waals surface area contributed by atoms with Crippen molar-refractivity contribution in [3.05, 3.63) is 59.7 Å². The first-order valence-corrected chi connectivity index (χ1v) is 9.98. The molecule has 1 aliphatic rings. The van der Waals surface area contributed by atoms with Gasteiger partial charge in [-0.05, 0) is 38.8 Å². The molecule has 0 fully saturated rings. The summed E-state index contributed by atoms with van der Waals surface area (Å²) < 4.78 is 0. The minimum Gasteiger partial charge on any atom is -0.308 e. The Kier molecular flexibility index (Phi) is 4.74. The summed E-state index contributed by atoms with van der Waals surface area (Å²) in [5.74, 6) is 0.816. The van der Waals surface area contributed by atoms with E-state index in [-0.39, 0.29) is 17.2 Å². The Hall–Kier alpha value is -2.60. The van der Waals surface area contributed by atoms with Crippen molar-refractivity contribution in [1.82, 2.24) is 15.2 Å². The van der Waals surface area contributed by atoms with E-state index in [4.69, 9.17) is 0 Å². The molecule has 0 bridgehead atoms. The number of para-hydroxylation sites is 1. The molecule has 3 aromatic rings. The minimum atomic E-state index is -0.264. The second-order valence-electron chi connectivity index (χ2n) is 6.98. The Morgan fingerprint density at radius 3 is 2.74 bits per heavy atom. The molecule has 0 unspecified atom stereocenters. The Morgan fingerprint density at radius 2 is 1.96 bits per heavy atom. The van der Waals surface area contributed by atoms with E-state index in [1.807, 2.05) is 54.3 Å². The van der Waals surface area contributed by atoms with Crippen LogP contribution in [0, 0.1) is 6.92 Å². The lowest BCUT2D eigenvalue weighted by Gasteiger charge is -2.25. The number of anilines is 1. The van der Waals surface area contributed by atoms with E-state index in [1.165, 1.54) is 22.9 Å². The molecular formula is C21H22N4OS. The van der Waals surface area contributed by atoms with Crippen LogP contribution in [0.4, 0.5) is 5.69 Å². The number of rotatable bonds is 4. The Morgan fingerprint density at radius 1 is 1.22 bits per heavy atom. The van der Waals surface area contributed by atoms with Gasteiger partial charge in [0.1, 0.15) is 0 Å². The van der Waals surface area contributed by atoms with Crippen LogP contribution >= 0.6 is 11.8 Å². The van der Waals surface area contributed by atoms with Crippen LogP contribution in [0.15, 0.2) is 53.7 Å². The largest absolute Gasteiger partial charge is 0.308 e. The van der Waals surface area contributed by atoms with Crippen LogP contribution in [-0.2, 0) is 11.2 Å². The van der Waals surface area contributed by atoms with Crippen molar-refractivity contribution in [3.63, 3.8) is 0 Å². The molecule has 0 saturated carbocycles. The highest BCUT2D eigenvalue weighted by Gasteiger charge is 2.33. The summed E-state index contributed by atoms with van der Waals surface area (Å²) in [6.45, 7) is 6.07. The van der Waals surface area contributed by atoms with Gasteiger partial charge in [0.15, 0.2) is 5.82 Å². The molecule has 6 heteroatoms. The van der Waals surface area contributed by atoms with Gasteiger partial charge in [-0.3, -0.25) is 9.89 Å². The lowest BCUT2D eigenvalue weighted by molar-refractivity contribution is -0.118. The highest BCUT2D eigenvalue weighted by molar-refractivity contribution is 8.00. The molecule has 0 aliphatic carbocycles. The molecule has 27 heavy (non-hydrogen) atoms. The predicted molar refractivity (Wildman–Crippen MR) is 109 cm³/mol. The first-order chi connectivity index (χ1) is 13.0. The van der Waals surface area contributed by atoms with Crippen LogP contribution in [0.1, 0.15) is 25.0 Å². The molecule has 0 saturated heterocycles. The maximum atomic E-state index is 13.1. The topological polar surface area (TPSA) is 61.9 Å². The number of carbonyl (C=O) groups is 1. The summed E-state index contributed by atoms with van der Waals surface area (Å²) in [6.07, 6.45) is 0.900. The fourth-order valence-electron chi connectivity index (χ4n) is 3.45. The molecule has 2 heterocycles. The standard InChI is InChI=1S/C21H22N4OS/c1-13-8-10-16(11-9-13)19-22-21(24-23-19)27-15(3)20(26)25-14(2)12-17-6-4-5-7-18(17)25/h4-11,14-15H,12H2,1-3H3,(H,22,23,24)/t14-,15-/m0/s1. The van der Waals surface area contributed by atoms with Gasteiger partial charge in [0, 0.05) is 17.3 Å². The third-order valence-corrected chi connectivity index (χ3v) is 5.81. The van der Waals surface area contributed by atoms with Gasteiger partial charge in [-0.2, -0.15) is 0 Å². The number of aromatic nitrogens is 3. The summed E-state index contributed by atoms with van der Waals surface area (Å²) in [4.78, 5) is 19.5. The number of amides is 1. The van der Waals surface area contributed by atoms with Gasteiger partial charge in [-0.15, -0.1) is 5.10 Å². The van der Waals surface area contributed by atoms with E-state index in [2.05, 4.69) is 35.1 Å². The molecule has 5 nitrogen and oxygen atoms in total. The average molecular weight is 379 g/mol. The van der Waals surface area contributed by atoms with E-state index >= 15 is 0 Å². The van der Waals surface area contributed by atoms with Crippen molar-refractivity contribution < 1.29 is 4.79 Å². The molecule has 1 aromatic heterocycles. The predicted octanol–water partition coefficient (Wildman–Crippen LogP) is 4.24. The quantitative estimate of drug-likeness (QED) is 0.690. The first-order valence-electron chi connectivity index (χ1n) is 9.10. The number of nitrogens with zero attached hydrogens (tertiary/aromatic N) is 3. The SMILES string of the molecule is Cc1ccc(-c2nc(S[C@@H](C)C(=O)N3c4ccccc4C[C@@H]3C)n[nH]2)cc1. The second-order valence-corrected chi connectivity index (χ2v) is 8.29. The van der Waals surface area contributed by atoms with Gasteiger partial charge in [-0.25, -0.2) is 4.98 Å². The van der Waals surface area contributed by atoms with Crippen LogP contribution in [-0.4, -0.2) is 32.4 Å². The molecule has 138 valence electrons. The first kappa shape index (κ1) is 17.8. The summed E-state index contributed by atoms with van der Waals surface area (Å²) in [5.41, 5.74) is 4.45. The Labute approximate surface area is 163 Å². The number of benzene rings is 2. The van der Waals surface area contributed by atoms with E-state index in [1.54, 1.807) is 0 Å². The summed E-state index contributed by atoms with van der Waals surface area (Å²) in [5, 5.41) is 7.58. The fraction of sp³-hybridized carbons (Fsp3) is 0.286. The van der Waals surface area contributed by atoms with Crippen molar-refractivity contribution in [2.24, 2.45) is 0 Å². The van der Waals surface area contributed by atoms with E-state index < -0.39 is 0 Å².